The fraction of sp³-hybridized carbons (Fsp3) is 0.353. The predicted molar refractivity (Wildman–Crippen MR) is 85.2 cm³/mol. The van der Waals surface area contributed by atoms with Gasteiger partial charge in [0.2, 0.25) is 0 Å². The number of hydrogen-bond donors (Lipinski definition) is 0. The summed E-state index contributed by atoms with van der Waals surface area (Å²) in [6, 6.07) is 10.2. The van der Waals surface area contributed by atoms with Crippen LogP contribution in [0.3, 0.4) is 0 Å². The fourth-order valence-corrected chi connectivity index (χ4v) is 3.87. The Morgan fingerprint density at radius 3 is 2.85 bits per heavy atom. The molecule has 2 aromatic rings. The van der Waals surface area contributed by atoms with E-state index in [0.717, 1.165) is 6.54 Å². The predicted octanol–water partition coefficient (Wildman–Crippen LogP) is 4.14. The lowest BCUT2D eigenvalue weighted by Crippen LogP contribution is -2.20. The first kappa shape index (κ1) is 13.4. The molecule has 1 heterocycles. The summed E-state index contributed by atoms with van der Waals surface area (Å²) in [7, 11) is 0. The van der Waals surface area contributed by atoms with Crippen molar-refractivity contribution in [3.05, 3.63) is 63.3 Å². The Morgan fingerprint density at radius 1 is 1.30 bits per heavy atom. The lowest BCUT2D eigenvalue weighted by atomic mass is 9.89. The highest BCUT2D eigenvalue weighted by Gasteiger charge is 2.55. The zero-order valence-corrected chi connectivity index (χ0v) is 12.7. The molecular formula is C17H19NOS. The number of fused-ring (bicyclic) bond motifs is 3. The summed E-state index contributed by atoms with van der Waals surface area (Å²) >= 11 is 1.52. The highest BCUT2D eigenvalue weighted by atomic mass is 32.1. The van der Waals surface area contributed by atoms with Crippen molar-refractivity contribution in [1.29, 1.82) is 0 Å². The van der Waals surface area contributed by atoms with Crippen molar-refractivity contribution in [3.63, 3.8) is 0 Å². The van der Waals surface area contributed by atoms with E-state index in [2.05, 4.69) is 36.4 Å². The largest absolute Gasteiger partial charge is 0.268 e. The van der Waals surface area contributed by atoms with Crippen LogP contribution in [0.5, 0.6) is 0 Å². The zero-order valence-electron chi connectivity index (χ0n) is 11.9. The van der Waals surface area contributed by atoms with E-state index in [1.54, 1.807) is 6.07 Å². The average molecular weight is 285 g/mol. The SMILES string of the molecule is CC.O=c1ccsn1CC12C=Cc3ccccc3C1C2. The van der Waals surface area contributed by atoms with Gasteiger partial charge in [0.25, 0.3) is 5.56 Å². The van der Waals surface area contributed by atoms with Gasteiger partial charge < -0.3 is 0 Å². The second kappa shape index (κ2) is 5.06. The monoisotopic (exact) mass is 285 g/mol. The van der Waals surface area contributed by atoms with Crippen LogP contribution >= 0.6 is 11.5 Å². The molecule has 1 fully saturated rings. The van der Waals surface area contributed by atoms with Gasteiger partial charge in [-0.25, -0.2) is 0 Å². The van der Waals surface area contributed by atoms with Gasteiger partial charge in [-0.2, -0.15) is 0 Å². The third-order valence-corrected chi connectivity index (χ3v) is 4.99. The number of hydrogen-bond acceptors (Lipinski definition) is 2. The molecule has 1 aromatic heterocycles. The summed E-state index contributed by atoms with van der Waals surface area (Å²) in [6.07, 6.45) is 5.70. The van der Waals surface area contributed by atoms with Crippen LogP contribution < -0.4 is 5.56 Å². The standard InChI is InChI=1S/C15H13NOS.C2H6/c17-14-6-8-18-16(14)10-15-7-5-11-3-1-2-4-12(11)13(15)9-15;1-2/h1-8,13H,9-10H2;1-2H3. The molecule has 2 aliphatic rings. The summed E-state index contributed by atoms with van der Waals surface area (Å²) in [6.45, 7) is 4.83. The molecule has 2 nitrogen and oxygen atoms in total. The molecule has 1 aromatic carbocycles. The summed E-state index contributed by atoms with van der Waals surface area (Å²) in [5.41, 5.74) is 3.12. The summed E-state index contributed by atoms with van der Waals surface area (Å²) in [5.74, 6) is 0.604. The van der Waals surface area contributed by atoms with Crippen molar-refractivity contribution < 1.29 is 0 Å². The molecular weight excluding hydrogens is 266 g/mol. The first-order valence-corrected chi connectivity index (χ1v) is 8.05. The minimum atomic E-state index is 0.132. The first-order valence-electron chi connectivity index (χ1n) is 7.21. The molecule has 0 N–H and O–H groups in total. The minimum absolute atomic E-state index is 0.132. The Kier molecular flexibility index (Phi) is 3.38. The van der Waals surface area contributed by atoms with Crippen LogP contribution in [0.1, 0.15) is 37.3 Å². The smallest absolute Gasteiger partial charge is 0.260 e. The van der Waals surface area contributed by atoms with Crippen LogP contribution in [-0.2, 0) is 6.54 Å². The van der Waals surface area contributed by atoms with Gasteiger partial charge in [0.1, 0.15) is 0 Å². The number of nitrogens with zero attached hydrogens (tertiary/aromatic N) is 1. The molecule has 4 rings (SSSR count). The molecule has 0 saturated heterocycles. The first-order chi connectivity index (χ1) is 9.78. The van der Waals surface area contributed by atoms with Gasteiger partial charge in [0.05, 0.1) is 0 Å². The van der Waals surface area contributed by atoms with Crippen molar-refractivity contribution in [3.8, 4) is 0 Å². The van der Waals surface area contributed by atoms with Crippen LogP contribution in [0.2, 0.25) is 0 Å². The maximum Gasteiger partial charge on any atom is 0.260 e. The third kappa shape index (κ3) is 2.06. The van der Waals surface area contributed by atoms with Gasteiger partial charge in [-0.1, -0.05) is 61.8 Å². The van der Waals surface area contributed by atoms with Crippen molar-refractivity contribution in [2.75, 3.05) is 0 Å². The van der Waals surface area contributed by atoms with Crippen LogP contribution in [0.25, 0.3) is 6.08 Å². The van der Waals surface area contributed by atoms with Crippen LogP contribution in [0.15, 0.2) is 46.6 Å². The third-order valence-electron chi connectivity index (χ3n) is 4.17. The lowest BCUT2D eigenvalue weighted by molar-refractivity contribution is 0.517. The van der Waals surface area contributed by atoms with E-state index < -0.39 is 0 Å². The van der Waals surface area contributed by atoms with E-state index in [1.807, 2.05) is 23.2 Å². The maximum absolute atomic E-state index is 11.6. The molecule has 0 amide bonds. The number of rotatable bonds is 2. The highest BCUT2D eigenvalue weighted by Crippen LogP contribution is 2.64. The summed E-state index contributed by atoms with van der Waals surface area (Å²) in [4.78, 5) is 11.6. The van der Waals surface area contributed by atoms with Gasteiger partial charge in [-0.15, -0.1) is 0 Å². The average Bonchev–Trinajstić information content (AvgIpc) is 3.11. The topological polar surface area (TPSA) is 22.0 Å². The molecule has 3 heteroatoms. The Balaban J connectivity index is 0.000000581. The maximum atomic E-state index is 11.6. The molecule has 0 aliphatic heterocycles. The van der Waals surface area contributed by atoms with E-state index in [0.29, 0.717) is 5.92 Å². The van der Waals surface area contributed by atoms with E-state index in [9.17, 15) is 4.79 Å². The minimum Gasteiger partial charge on any atom is -0.268 e. The van der Waals surface area contributed by atoms with E-state index in [-0.39, 0.29) is 11.0 Å². The van der Waals surface area contributed by atoms with Gasteiger partial charge in [-0.05, 0) is 23.5 Å². The molecule has 2 unspecified atom stereocenters. The van der Waals surface area contributed by atoms with Crippen LogP contribution in [-0.4, -0.2) is 3.96 Å². The Bertz CT molecular complexity index is 697. The molecule has 1 saturated carbocycles. The molecule has 2 aliphatic carbocycles. The normalized spacial score (nSPS) is 25.2. The zero-order chi connectivity index (χ0) is 14.2. The van der Waals surface area contributed by atoms with Crippen molar-refractivity contribution in [1.82, 2.24) is 3.96 Å². The Hall–Kier alpha value is -1.61. The van der Waals surface area contributed by atoms with Crippen molar-refractivity contribution in [2.45, 2.75) is 32.7 Å². The molecule has 2 atom stereocenters. The second-order valence-corrected chi connectivity index (χ2v) is 6.16. The molecule has 0 radical (unpaired) electrons. The lowest BCUT2D eigenvalue weighted by Gasteiger charge is -2.18. The number of allylic oxidation sites excluding steroid dienone is 1. The van der Waals surface area contributed by atoms with Gasteiger partial charge >= 0.3 is 0 Å². The Morgan fingerprint density at radius 2 is 2.10 bits per heavy atom. The molecule has 20 heavy (non-hydrogen) atoms. The number of benzene rings is 1. The van der Waals surface area contributed by atoms with Gasteiger partial charge in [0.15, 0.2) is 0 Å². The van der Waals surface area contributed by atoms with E-state index in [1.165, 1.54) is 29.1 Å². The van der Waals surface area contributed by atoms with Crippen molar-refractivity contribution >= 4 is 17.6 Å². The van der Waals surface area contributed by atoms with Crippen LogP contribution in [0.4, 0.5) is 0 Å². The summed E-state index contributed by atoms with van der Waals surface area (Å²) in [5, 5.41) is 1.87. The Labute approximate surface area is 123 Å². The molecule has 0 bridgehead atoms. The fourth-order valence-electron chi connectivity index (χ4n) is 3.07. The van der Waals surface area contributed by atoms with Crippen LogP contribution in [0, 0.1) is 5.41 Å². The quantitative estimate of drug-likeness (QED) is 0.813. The number of aromatic nitrogens is 1. The molecule has 104 valence electrons. The summed E-state index contributed by atoms with van der Waals surface area (Å²) < 4.78 is 1.87. The van der Waals surface area contributed by atoms with Crippen molar-refractivity contribution in [2.24, 2.45) is 5.41 Å². The van der Waals surface area contributed by atoms with E-state index >= 15 is 0 Å². The van der Waals surface area contributed by atoms with E-state index in [4.69, 9.17) is 0 Å². The second-order valence-electron chi connectivity index (χ2n) is 5.24. The highest BCUT2D eigenvalue weighted by molar-refractivity contribution is 7.04. The molecule has 0 spiro atoms. The van der Waals surface area contributed by atoms with Gasteiger partial charge in [0, 0.05) is 23.4 Å². The van der Waals surface area contributed by atoms with Gasteiger partial charge in [-0.3, -0.25) is 8.75 Å².